The van der Waals surface area contributed by atoms with Crippen molar-refractivity contribution in [3.63, 3.8) is 0 Å². The molecule has 192 valence electrons. The van der Waals surface area contributed by atoms with Crippen LogP contribution in [0.2, 0.25) is 10.0 Å². The first-order chi connectivity index (χ1) is 18.0. The Morgan fingerprint density at radius 1 is 1.19 bits per heavy atom. The molecule has 0 spiro atoms. The first-order valence-electron chi connectivity index (χ1n) is 12.0. The summed E-state index contributed by atoms with van der Waals surface area (Å²) in [6, 6.07) is 9.40. The maximum Gasteiger partial charge on any atom is 0.134 e. The number of ether oxygens (including phenoxy) is 2. The van der Waals surface area contributed by atoms with Crippen molar-refractivity contribution in [2.45, 2.75) is 38.5 Å². The van der Waals surface area contributed by atoms with Gasteiger partial charge in [0, 0.05) is 67.0 Å². The minimum Gasteiger partial charge on any atom is -0.486 e. The molecule has 2 N–H and O–H groups in total. The van der Waals surface area contributed by atoms with Gasteiger partial charge in [-0.1, -0.05) is 23.2 Å². The Labute approximate surface area is 224 Å². The van der Waals surface area contributed by atoms with Gasteiger partial charge in [0.2, 0.25) is 0 Å². The summed E-state index contributed by atoms with van der Waals surface area (Å²) in [4.78, 5) is 8.40. The van der Waals surface area contributed by atoms with E-state index in [2.05, 4.69) is 25.5 Å². The topological polar surface area (TPSA) is 85.0 Å². The second-order valence-electron chi connectivity index (χ2n) is 8.89. The van der Waals surface area contributed by atoms with Crippen LogP contribution in [-0.4, -0.2) is 39.4 Å². The average molecular weight is 542 g/mol. The van der Waals surface area contributed by atoms with Gasteiger partial charge < -0.3 is 14.8 Å². The van der Waals surface area contributed by atoms with Crippen molar-refractivity contribution in [1.29, 1.82) is 0 Å². The molecule has 37 heavy (non-hydrogen) atoms. The lowest BCUT2D eigenvalue weighted by Gasteiger charge is -2.23. The number of pyridine rings is 2. The van der Waals surface area contributed by atoms with Gasteiger partial charge in [-0.3, -0.25) is 15.1 Å². The number of hydrogen-bond acceptors (Lipinski definition) is 6. The molecule has 1 aliphatic rings. The Bertz CT molecular complexity index is 1380. The van der Waals surface area contributed by atoms with Crippen LogP contribution in [0.5, 0.6) is 5.75 Å². The van der Waals surface area contributed by atoms with Crippen LogP contribution in [0, 0.1) is 0 Å². The highest BCUT2D eigenvalue weighted by molar-refractivity contribution is 6.35. The van der Waals surface area contributed by atoms with Gasteiger partial charge in [-0.15, -0.1) is 0 Å². The summed E-state index contributed by atoms with van der Waals surface area (Å²) in [5, 5.41) is 12.2. The van der Waals surface area contributed by atoms with E-state index in [-0.39, 0.29) is 0 Å². The van der Waals surface area contributed by atoms with Crippen LogP contribution in [0.15, 0.2) is 48.9 Å². The molecule has 7 nitrogen and oxygen atoms in total. The maximum atomic E-state index is 15.1. The summed E-state index contributed by atoms with van der Waals surface area (Å²) in [5.41, 5.74) is 3.11. The molecule has 10 heteroatoms. The highest BCUT2D eigenvalue weighted by Crippen LogP contribution is 2.34. The molecule has 1 atom stereocenters. The number of fused-ring (bicyclic) bond motifs is 1. The van der Waals surface area contributed by atoms with E-state index in [0.29, 0.717) is 50.7 Å². The van der Waals surface area contributed by atoms with Crippen LogP contribution in [0.4, 0.5) is 4.39 Å². The van der Waals surface area contributed by atoms with Gasteiger partial charge in [0.05, 0.1) is 26.9 Å². The van der Waals surface area contributed by atoms with Gasteiger partial charge in [0.25, 0.3) is 0 Å². The maximum absolute atomic E-state index is 15.1. The lowest BCUT2D eigenvalue weighted by Crippen LogP contribution is -2.34. The molecule has 1 aromatic carbocycles. The van der Waals surface area contributed by atoms with Gasteiger partial charge in [-0.2, -0.15) is 5.10 Å². The molecular formula is C27H26Cl2FN5O2. The highest BCUT2D eigenvalue weighted by Gasteiger charge is 2.17. The number of nitrogens with one attached hydrogen (secondary N) is 2. The average Bonchev–Trinajstić information content (AvgIpc) is 3.30. The number of halogens is 3. The molecule has 1 unspecified atom stereocenters. The summed E-state index contributed by atoms with van der Waals surface area (Å²) < 4.78 is 26.6. The van der Waals surface area contributed by atoms with Crippen molar-refractivity contribution >= 4 is 46.0 Å². The first-order valence-corrected chi connectivity index (χ1v) is 12.8. The molecule has 0 aliphatic carbocycles. The van der Waals surface area contributed by atoms with E-state index < -0.39 is 11.9 Å². The SMILES string of the molecule is CC(Oc1ccc2n[nH]c(/C=C(\F)c3ccc(CNC4CCOCC4)nc3)c2c1)c1c(Cl)cncc1Cl. The summed E-state index contributed by atoms with van der Waals surface area (Å²) in [6.07, 6.45) is 7.57. The van der Waals surface area contributed by atoms with E-state index in [9.17, 15) is 0 Å². The molecule has 0 saturated carbocycles. The van der Waals surface area contributed by atoms with Gasteiger partial charge in [-0.25, -0.2) is 4.39 Å². The first kappa shape index (κ1) is 25.6. The number of nitrogens with zero attached hydrogens (tertiary/aromatic N) is 3. The Morgan fingerprint density at radius 2 is 1.97 bits per heavy atom. The summed E-state index contributed by atoms with van der Waals surface area (Å²) in [6.45, 7) is 4.05. The summed E-state index contributed by atoms with van der Waals surface area (Å²) in [5.74, 6) is 0.153. The second-order valence-corrected chi connectivity index (χ2v) is 9.71. The van der Waals surface area contributed by atoms with Crippen LogP contribution in [-0.2, 0) is 11.3 Å². The Hall–Kier alpha value is -3.04. The molecule has 0 bridgehead atoms. The molecule has 1 saturated heterocycles. The number of aromatic amines is 1. The zero-order valence-corrected chi connectivity index (χ0v) is 21.7. The third kappa shape index (κ3) is 6.10. The lowest BCUT2D eigenvalue weighted by molar-refractivity contribution is 0.0775. The fourth-order valence-corrected chi connectivity index (χ4v) is 4.97. The van der Waals surface area contributed by atoms with Crippen molar-refractivity contribution in [3.8, 4) is 5.75 Å². The molecule has 0 amide bonds. The van der Waals surface area contributed by atoms with Crippen molar-refractivity contribution < 1.29 is 13.9 Å². The van der Waals surface area contributed by atoms with E-state index in [0.717, 1.165) is 37.1 Å². The molecule has 1 fully saturated rings. The zero-order valence-electron chi connectivity index (χ0n) is 20.2. The Balaban J connectivity index is 1.30. The quantitative estimate of drug-likeness (QED) is 0.263. The Kier molecular flexibility index (Phi) is 8.00. The molecule has 0 radical (unpaired) electrons. The van der Waals surface area contributed by atoms with Crippen molar-refractivity contribution in [3.05, 3.63) is 81.5 Å². The number of H-pyrrole nitrogens is 1. The molecule has 3 aromatic heterocycles. The smallest absolute Gasteiger partial charge is 0.134 e. The predicted octanol–water partition coefficient (Wildman–Crippen LogP) is 6.54. The third-order valence-electron chi connectivity index (χ3n) is 6.33. The highest BCUT2D eigenvalue weighted by atomic mass is 35.5. The van der Waals surface area contributed by atoms with E-state index >= 15 is 4.39 Å². The summed E-state index contributed by atoms with van der Waals surface area (Å²) >= 11 is 12.5. The number of hydrogen-bond donors (Lipinski definition) is 2. The fourth-order valence-electron chi connectivity index (χ4n) is 4.30. The molecule has 4 aromatic rings. The van der Waals surface area contributed by atoms with E-state index in [1.54, 1.807) is 30.5 Å². The second kappa shape index (κ2) is 11.6. The number of rotatable bonds is 8. The minimum atomic E-state index is -0.423. The van der Waals surface area contributed by atoms with E-state index in [1.165, 1.54) is 18.5 Å². The number of benzene rings is 1. The fraction of sp³-hybridized carbons (Fsp3) is 0.296. The van der Waals surface area contributed by atoms with Gasteiger partial charge in [0.15, 0.2) is 0 Å². The molecule has 1 aliphatic heterocycles. The van der Waals surface area contributed by atoms with Crippen LogP contribution in [0.25, 0.3) is 22.8 Å². The van der Waals surface area contributed by atoms with E-state index in [4.69, 9.17) is 32.7 Å². The van der Waals surface area contributed by atoms with Crippen LogP contribution < -0.4 is 10.1 Å². The lowest BCUT2D eigenvalue weighted by atomic mass is 10.1. The zero-order chi connectivity index (χ0) is 25.8. The van der Waals surface area contributed by atoms with Gasteiger partial charge in [0.1, 0.15) is 17.7 Å². The standard InChI is InChI=1S/C27H26Cl2FN5O2/c1-16(27-22(28)14-31-15-23(27)29)37-20-4-5-25-21(10-20)26(35-34-25)11-24(30)17-2-3-19(32-12-17)13-33-18-6-8-36-9-7-18/h2-5,10-12,14-16,18,33H,6-9,13H2,1H3,(H,34,35)/b24-11-. The molecule has 4 heterocycles. The third-order valence-corrected chi connectivity index (χ3v) is 6.93. The number of aromatic nitrogens is 4. The normalized spacial score (nSPS) is 15.7. The summed E-state index contributed by atoms with van der Waals surface area (Å²) in [7, 11) is 0. The minimum absolute atomic E-state index is 0.389. The van der Waals surface area contributed by atoms with Crippen LogP contribution in [0.1, 0.15) is 48.4 Å². The van der Waals surface area contributed by atoms with E-state index in [1.807, 2.05) is 13.0 Å². The van der Waals surface area contributed by atoms with Gasteiger partial charge >= 0.3 is 0 Å². The predicted molar refractivity (Wildman–Crippen MR) is 143 cm³/mol. The van der Waals surface area contributed by atoms with Crippen LogP contribution in [0.3, 0.4) is 0 Å². The largest absolute Gasteiger partial charge is 0.486 e. The van der Waals surface area contributed by atoms with Crippen molar-refractivity contribution in [2.75, 3.05) is 13.2 Å². The van der Waals surface area contributed by atoms with Crippen molar-refractivity contribution in [2.24, 2.45) is 0 Å². The van der Waals surface area contributed by atoms with Gasteiger partial charge in [-0.05, 0) is 50.1 Å². The monoisotopic (exact) mass is 541 g/mol. The van der Waals surface area contributed by atoms with Crippen molar-refractivity contribution in [1.82, 2.24) is 25.5 Å². The Morgan fingerprint density at radius 3 is 2.70 bits per heavy atom. The van der Waals surface area contributed by atoms with Crippen LogP contribution >= 0.6 is 23.2 Å². The molecule has 5 rings (SSSR count). The molecular weight excluding hydrogens is 516 g/mol.